The normalized spacial score (nSPS) is 17.8. The van der Waals surface area contributed by atoms with Gasteiger partial charge in [-0.25, -0.2) is 0 Å². The number of halogens is 1. The Bertz CT molecular complexity index is 686. The van der Waals surface area contributed by atoms with Crippen molar-refractivity contribution in [3.63, 3.8) is 0 Å². The third-order valence-electron chi connectivity index (χ3n) is 4.05. The van der Waals surface area contributed by atoms with Crippen molar-refractivity contribution in [1.29, 1.82) is 0 Å². The molecule has 3 rings (SSSR count). The number of benzene rings is 2. The van der Waals surface area contributed by atoms with Crippen LogP contribution >= 0.6 is 11.6 Å². The molecule has 1 aliphatic heterocycles. The monoisotopic (exact) mass is 344 g/mol. The maximum atomic E-state index is 8.84. The van der Waals surface area contributed by atoms with Crippen LogP contribution in [0.1, 0.15) is 11.6 Å². The zero-order valence-electron chi connectivity index (χ0n) is 13.4. The molecule has 0 amide bonds. The van der Waals surface area contributed by atoms with Gasteiger partial charge in [0.1, 0.15) is 12.4 Å². The molecule has 1 heterocycles. The standard InChI is InChI=1S/C19H21ClN2O2/c1-14-12-21-13-19(15-2-4-16(20)5-3-15)22(14)17-6-8-18(9-7-17)24-11-10-23/h2-9,19,21,23H,1,10-13H2/t19-/m0/s1. The van der Waals surface area contributed by atoms with Gasteiger partial charge in [0.25, 0.3) is 0 Å². The number of nitrogens with zero attached hydrogens (tertiary/aromatic N) is 1. The highest BCUT2D eigenvalue weighted by atomic mass is 35.5. The summed E-state index contributed by atoms with van der Waals surface area (Å²) in [4.78, 5) is 2.25. The SMILES string of the molecule is C=C1CNC[C@@H](c2ccc(Cl)cc2)N1c1ccc(OCCO)cc1. The molecule has 2 aromatic carbocycles. The Balaban J connectivity index is 1.86. The first-order valence-electron chi connectivity index (χ1n) is 7.96. The fourth-order valence-corrected chi connectivity index (χ4v) is 3.06. The van der Waals surface area contributed by atoms with Crippen LogP contribution in [0, 0.1) is 0 Å². The Kier molecular flexibility index (Phi) is 5.41. The molecule has 1 aliphatic rings. The van der Waals surface area contributed by atoms with Gasteiger partial charge < -0.3 is 20.1 Å². The van der Waals surface area contributed by atoms with E-state index in [0.717, 1.165) is 35.2 Å². The van der Waals surface area contributed by atoms with E-state index in [9.17, 15) is 0 Å². The molecule has 0 unspecified atom stereocenters. The van der Waals surface area contributed by atoms with Crippen LogP contribution in [0.15, 0.2) is 60.8 Å². The molecule has 1 fully saturated rings. The highest BCUT2D eigenvalue weighted by molar-refractivity contribution is 6.30. The predicted octanol–water partition coefficient (Wildman–Crippen LogP) is 3.38. The molecule has 24 heavy (non-hydrogen) atoms. The average Bonchev–Trinajstić information content (AvgIpc) is 2.61. The number of aliphatic hydroxyl groups excluding tert-OH is 1. The van der Waals surface area contributed by atoms with E-state index in [1.54, 1.807) is 0 Å². The lowest BCUT2D eigenvalue weighted by molar-refractivity contribution is 0.201. The molecule has 0 aromatic heterocycles. The summed E-state index contributed by atoms with van der Waals surface area (Å²) in [5.74, 6) is 0.747. The lowest BCUT2D eigenvalue weighted by atomic mass is 10.0. The van der Waals surface area contributed by atoms with Crippen LogP contribution in [0.3, 0.4) is 0 Å². The van der Waals surface area contributed by atoms with Crippen molar-refractivity contribution in [2.24, 2.45) is 0 Å². The Labute approximate surface area is 147 Å². The van der Waals surface area contributed by atoms with Gasteiger partial charge in [0.05, 0.1) is 12.6 Å². The second kappa shape index (κ2) is 7.71. The minimum Gasteiger partial charge on any atom is -0.491 e. The highest BCUT2D eigenvalue weighted by Crippen LogP contribution is 2.33. The van der Waals surface area contributed by atoms with Gasteiger partial charge in [0, 0.05) is 29.5 Å². The van der Waals surface area contributed by atoms with Crippen LogP contribution in [0.25, 0.3) is 0 Å². The minimum atomic E-state index is 0.00892. The molecule has 1 saturated heterocycles. The van der Waals surface area contributed by atoms with Crippen LogP contribution in [-0.4, -0.2) is 31.4 Å². The summed E-state index contributed by atoms with van der Waals surface area (Å²) >= 11 is 6.01. The van der Waals surface area contributed by atoms with Crippen molar-refractivity contribution in [1.82, 2.24) is 5.32 Å². The molecular formula is C19H21ClN2O2. The summed E-state index contributed by atoms with van der Waals surface area (Å²) in [6.07, 6.45) is 0. The summed E-state index contributed by atoms with van der Waals surface area (Å²) in [5.41, 5.74) is 3.27. The van der Waals surface area contributed by atoms with E-state index in [-0.39, 0.29) is 12.6 Å². The maximum absolute atomic E-state index is 8.84. The van der Waals surface area contributed by atoms with Crippen molar-refractivity contribution in [3.8, 4) is 5.75 Å². The second-order valence-electron chi connectivity index (χ2n) is 5.70. The Morgan fingerprint density at radius 1 is 1.17 bits per heavy atom. The number of anilines is 1. The van der Waals surface area contributed by atoms with Crippen molar-refractivity contribution < 1.29 is 9.84 Å². The third-order valence-corrected chi connectivity index (χ3v) is 4.30. The van der Waals surface area contributed by atoms with Crippen molar-refractivity contribution in [3.05, 3.63) is 71.4 Å². The van der Waals surface area contributed by atoms with Gasteiger partial charge in [-0.15, -0.1) is 0 Å². The fourth-order valence-electron chi connectivity index (χ4n) is 2.93. The Morgan fingerprint density at radius 3 is 2.54 bits per heavy atom. The number of ether oxygens (including phenoxy) is 1. The molecule has 0 radical (unpaired) electrons. The van der Waals surface area contributed by atoms with E-state index >= 15 is 0 Å². The molecule has 4 nitrogen and oxygen atoms in total. The number of hydrogen-bond donors (Lipinski definition) is 2. The van der Waals surface area contributed by atoms with E-state index in [0.29, 0.717) is 6.61 Å². The predicted molar refractivity (Wildman–Crippen MR) is 97.7 cm³/mol. The van der Waals surface area contributed by atoms with Crippen LogP contribution in [0.4, 0.5) is 5.69 Å². The van der Waals surface area contributed by atoms with E-state index in [2.05, 4.69) is 28.9 Å². The lowest BCUT2D eigenvalue weighted by Crippen LogP contribution is -2.44. The first-order valence-corrected chi connectivity index (χ1v) is 8.34. The number of aliphatic hydroxyl groups is 1. The molecule has 1 atom stereocenters. The zero-order valence-corrected chi connectivity index (χ0v) is 14.2. The summed E-state index contributed by atoms with van der Waals surface area (Å²) in [7, 11) is 0. The van der Waals surface area contributed by atoms with Crippen molar-refractivity contribution >= 4 is 17.3 Å². The topological polar surface area (TPSA) is 44.7 Å². The van der Waals surface area contributed by atoms with Crippen LogP contribution in [-0.2, 0) is 0 Å². The summed E-state index contributed by atoms with van der Waals surface area (Å²) in [5, 5.41) is 13.0. The average molecular weight is 345 g/mol. The van der Waals surface area contributed by atoms with Gasteiger partial charge in [0.15, 0.2) is 0 Å². The van der Waals surface area contributed by atoms with E-state index in [4.69, 9.17) is 21.4 Å². The number of hydrogen-bond acceptors (Lipinski definition) is 4. The zero-order chi connectivity index (χ0) is 16.9. The largest absolute Gasteiger partial charge is 0.491 e. The summed E-state index contributed by atoms with van der Waals surface area (Å²) in [6.45, 7) is 6.11. The first-order chi connectivity index (χ1) is 11.7. The summed E-state index contributed by atoms with van der Waals surface area (Å²) < 4.78 is 5.43. The second-order valence-corrected chi connectivity index (χ2v) is 6.14. The molecular weight excluding hydrogens is 324 g/mol. The molecule has 2 aromatic rings. The third kappa shape index (κ3) is 3.73. The van der Waals surface area contributed by atoms with Gasteiger partial charge in [-0.1, -0.05) is 30.3 Å². The molecule has 0 bridgehead atoms. The quantitative estimate of drug-likeness (QED) is 0.872. The summed E-state index contributed by atoms with van der Waals surface area (Å²) in [6, 6.07) is 16.0. The molecule has 2 N–H and O–H groups in total. The van der Waals surface area contributed by atoms with Crippen molar-refractivity contribution in [2.75, 3.05) is 31.2 Å². The smallest absolute Gasteiger partial charge is 0.119 e. The molecule has 126 valence electrons. The van der Waals surface area contributed by atoms with E-state index in [1.807, 2.05) is 36.4 Å². The Hall–Kier alpha value is -2.01. The van der Waals surface area contributed by atoms with Gasteiger partial charge in [-0.05, 0) is 42.0 Å². The molecule has 0 saturated carbocycles. The van der Waals surface area contributed by atoms with Crippen LogP contribution in [0.5, 0.6) is 5.75 Å². The van der Waals surface area contributed by atoms with Gasteiger partial charge >= 0.3 is 0 Å². The lowest BCUT2D eigenvalue weighted by Gasteiger charge is -2.39. The minimum absolute atomic E-state index is 0.00892. The molecule has 0 spiro atoms. The first kappa shape index (κ1) is 16.8. The number of piperazine rings is 1. The Morgan fingerprint density at radius 2 is 1.88 bits per heavy atom. The fraction of sp³-hybridized carbons (Fsp3) is 0.263. The molecule has 0 aliphatic carbocycles. The van der Waals surface area contributed by atoms with Crippen LogP contribution in [0.2, 0.25) is 5.02 Å². The van der Waals surface area contributed by atoms with Crippen molar-refractivity contribution in [2.45, 2.75) is 6.04 Å². The maximum Gasteiger partial charge on any atom is 0.119 e. The van der Waals surface area contributed by atoms with Gasteiger partial charge in [-0.3, -0.25) is 0 Å². The van der Waals surface area contributed by atoms with Gasteiger partial charge in [0.2, 0.25) is 0 Å². The van der Waals surface area contributed by atoms with Crippen LogP contribution < -0.4 is 15.0 Å². The molecule has 5 heteroatoms. The highest BCUT2D eigenvalue weighted by Gasteiger charge is 2.26. The van der Waals surface area contributed by atoms with Gasteiger partial charge in [-0.2, -0.15) is 0 Å². The number of nitrogens with one attached hydrogen (secondary N) is 1. The van der Waals surface area contributed by atoms with E-state index < -0.39 is 0 Å². The van der Waals surface area contributed by atoms with E-state index in [1.165, 1.54) is 5.56 Å². The number of rotatable bonds is 5.